The van der Waals surface area contributed by atoms with E-state index in [2.05, 4.69) is 20.0 Å². The van der Waals surface area contributed by atoms with Crippen molar-refractivity contribution in [2.75, 3.05) is 18.5 Å². The lowest BCUT2D eigenvalue weighted by molar-refractivity contribution is 0.0224. The number of pyridine rings is 1. The zero-order chi connectivity index (χ0) is 29.6. The van der Waals surface area contributed by atoms with Crippen molar-refractivity contribution in [3.8, 4) is 17.1 Å². The number of aryl methyl sites for hydroxylation is 3. The fourth-order valence-corrected chi connectivity index (χ4v) is 5.69. The molecule has 0 fully saturated rings. The van der Waals surface area contributed by atoms with Gasteiger partial charge in [-0.2, -0.15) is 5.10 Å². The molecule has 220 valence electrons. The number of fused-ring (bicyclic) bond motifs is 9. The summed E-state index contributed by atoms with van der Waals surface area (Å²) in [5, 5.41) is 7.46. The molecule has 0 radical (unpaired) electrons. The summed E-state index contributed by atoms with van der Waals surface area (Å²) in [5.74, 6) is 0.895. The lowest BCUT2D eigenvalue weighted by Gasteiger charge is -2.31. The number of hydrogen-bond acceptors (Lipinski definition) is 7. The van der Waals surface area contributed by atoms with E-state index in [1.165, 1.54) is 0 Å². The van der Waals surface area contributed by atoms with Gasteiger partial charge in [-0.05, 0) is 82.7 Å². The lowest BCUT2D eigenvalue weighted by atomic mass is 9.98. The van der Waals surface area contributed by atoms with Crippen LogP contribution in [-0.4, -0.2) is 60.0 Å². The van der Waals surface area contributed by atoms with Crippen molar-refractivity contribution >= 4 is 29.0 Å². The first-order valence-electron chi connectivity index (χ1n) is 14.5. The molecule has 2 aliphatic heterocycles. The fraction of sp³-hybridized carbons (Fsp3) is 0.452. The van der Waals surface area contributed by atoms with Crippen LogP contribution in [0.15, 0.2) is 30.5 Å². The van der Waals surface area contributed by atoms with Crippen molar-refractivity contribution in [3.63, 3.8) is 0 Å². The van der Waals surface area contributed by atoms with E-state index in [1.807, 2.05) is 46.9 Å². The molecular weight excluding hydrogens is 534 g/mol. The van der Waals surface area contributed by atoms with Crippen LogP contribution in [0.25, 0.3) is 22.3 Å². The maximum atomic E-state index is 13.6. The molecule has 2 aliphatic rings. The fourth-order valence-electron chi connectivity index (χ4n) is 5.69. The molecule has 3 aromatic heterocycles. The number of ether oxygens (including phenoxy) is 2. The molecular formula is C31H37N7O4. The van der Waals surface area contributed by atoms with Crippen LogP contribution in [-0.2, 0) is 31.3 Å². The number of amides is 2. The van der Waals surface area contributed by atoms with E-state index in [0.717, 1.165) is 47.0 Å². The van der Waals surface area contributed by atoms with Gasteiger partial charge in [0.05, 0.1) is 35.1 Å². The molecule has 0 saturated carbocycles. The molecule has 42 heavy (non-hydrogen) atoms. The first-order valence-corrected chi connectivity index (χ1v) is 14.5. The Morgan fingerprint density at radius 2 is 1.93 bits per heavy atom. The summed E-state index contributed by atoms with van der Waals surface area (Å²) >= 11 is 0. The van der Waals surface area contributed by atoms with Crippen LogP contribution in [0.1, 0.15) is 67.2 Å². The van der Waals surface area contributed by atoms with Gasteiger partial charge in [0, 0.05) is 37.9 Å². The number of aromatic nitrogens is 5. The molecule has 0 atom stereocenters. The Balaban J connectivity index is 1.37. The van der Waals surface area contributed by atoms with Gasteiger partial charge < -0.3 is 18.9 Å². The standard InChI is InChI=1S/C31H37N7O4/c1-19-15-21-16-25(33-19)23-17-32-36(5)28(23)41-14-8-6-7-12-38-26-22-11-13-37(30(40)42-31(2,3)4)18-20(22)9-10-24(26)34-29(38)35-27(21)39/h9-10,15-17H,6-8,11-14,18H2,1-5H3,(H,34,35,39). The molecule has 11 nitrogen and oxygen atoms in total. The molecule has 11 heteroatoms. The summed E-state index contributed by atoms with van der Waals surface area (Å²) in [6.07, 6.45) is 4.79. The number of carbonyl (C=O) groups excluding carboxylic acids is 2. The lowest BCUT2D eigenvalue weighted by Crippen LogP contribution is -2.40. The van der Waals surface area contributed by atoms with E-state index in [1.54, 1.807) is 27.9 Å². The molecule has 0 unspecified atom stereocenters. The van der Waals surface area contributed by atoms with E-state index < -0.39 is 5.60 Å². The zero-order valence-electron chi connectivity index (χ0n) is 24.9. The second-order valence-electron chi connectivity index (χ2n) is 12.0. The summed E-state index contributed by atoms with van der Waals surface area (Å²) in [4.78, 5) is 37.7. The Bertz CT molecular complexity index is 1680. The highest BCUT2D eigenvalue weighted by Crippen LogP contribution is 2.33. The minimum absolute atomic E-state index is 0.260. The van der Waals surface area contributed by atoms with Crippen molar-refractivity contribution in [2.45, 2.75) is 72.1 Å². The number of rotatable bonds is 0. The number of carbonyl (C=O) groups is 2. The van der Waals surface area contributed by atoms with Crippen LogP contribution in [0.2, 0.25) is 0 Å². The van der Waals surface area contributed by atoms with Gasteiger partial charge >= 0.3 is 6.09 Å². The van der Waals surface area contributed by atoms with Crippen molar-refractivity contribution in [1.29, 1.82) is 0 Å². The normalized spacial score (nSPS) is 15.9. The molecule has 1 N–H and O–H groups in total. The highest BCUT2D eigenvalue weighted by molar-refractivity contribution is 6.05. The van der Waals surface area contributed by atoms with Gasteiger partial charge in [0.2, 0.25) is 11.8 Å². The number of nitrogens with zero attached hydrogens (tertiary/aromatic N) is 6. The molecule has 5 heterocycles. The van der Waals surface area contributed by atoms with Crippen LogP contribution in [0.4, 0.5) is 10.7 Å². The number of benzene rings is 1. The maximum Gasteiger partial charge on any atom is 0.410 e. The van der Waals surface area contributed by atoms with Crippen LogP contribution in [0.5, 0.6) is 5.88 Å². The summed E-state index contributed by atoms with van der Waals surface area (Å²) in [7, 11) is 1.84. The largest absolute Gasteiger partial charge is 0.477 e. The number of anilines is 1. The average molecular weight is 572 g/mol. The first-order chi connectivity index (χ1) is 20.1. The SMILES string of the molecule is Cc1cc2cc(n1)-c1cnn(C)c1OCCCCCn1c(nc3ccc4c(c31)CCN(C(=O)OC(C)(C)C)C4)NC2=O. The minimum atomic E-state index is -0.550. The third kappa shape index (κ3) is 5.43. The Morgan fingerprint density at radius 3 is 2.74 bits per heavy atom. The minimum Gasteiger partial charge on any atom is -0.477 e. The second-order valence-corrected chi connectivity index (χ2v) is 12.0. The van der Waals surface area contributed by atoms with Gasteiger partial charge in [0.25, 0.3) is 5.91 Å². The first kappa shape index (κ1) is 27.7. The Hall–Kier alpha value is -4.41. The third-order valence-electron chi connectivity index (χ3n) is 7.62. The second kappa shape index (κ2) is 10.8. The molecule has 1 aromatic carbocycles. The number of nitrogens with one attached hydrogen (secondary N) is 1. The van der Waals surface area contributed by atoms with Gasteiger partial charge in [0.1, 0.15) is 5.60 Å². The average Bonchev–Trinajstić information content (AvgIpc) is 3.48. The highest BCUT2D eigenvalue weighted by atomic mass is 16.6. The van der Waals surface area contributed by atoms with E-state index in [0.29, 0.717) is 61.4 Å². The van der Waals surface area contributed by atoms with Crippen LogP contribution >= 0.6 is 0 Å². The zero-order valence-corrected chi connectivity index (χ0v) is 24.9. The predicted octanol–water partition coefficient (Wildman–Crippen LogP) is 5.25. The summed E-state index contributed by atoms with van der Waals surface area (Å²) in [6.45, 7) is 9.77. The predicted molar refractivity (Wildman–Crippen MR) is 159 cm³/mol. The maximum absolute atomic E-state index is 13.6. The highest BCUT2D eigenvalue weighted by Gasteiger charge is 2.28. The van der Waals surface area contributed by atoms with E-state index in [9.17, 15) is 9.59 Å². The van der Waals surface area contributed by atoms with Crippen LogP contribution in [0.3, 0.4) is 0 Å². The molecule has 0 saturated heterocycles. The van der Waals surface area contributed by atoms with Crippen molar-refractivity contribution in [3.05, 3.63) is 52.8 Å². The van der Waals surface area contributed by atoms with E-state index >= 15 is 0 Å². The van der Waals surface area contributed by atoms with Crippen LogP contribution in [0, 0.1) is 6.92 Å². The van der Waals surface area contributed by atoms with Gasteiger partial charge in [-0.3, -0.25) is 15.1 Å². The topological polar surface area (TPSA) is 116 Å². The molecule has 0 spiro atoms. The molecule has 2 amide bonds. The summed E-state index contributed by atoms with van der Waals surface area (Å²) in [5.41, 5.74) is 6.10. The van der Waals surface area contributed by atoms with Gasteiger partial charge in [-0.1, -0.05) is 6.07 Å². The Kier molecular flexibility index (Phi) is 7.12. The number of hydrogen-bond donors (Lipinski definition) is 1. The Morgan fingerprint density at radius 1 is 1.10 bits per heavy atom. The molecule has 4 aromatic rings. The summed E-state index contributed by atoms with van der Waals surface area (Å²) < 4.78 is 15.6. The number of imidazole rings is 1. The van der Waals surface area contributed by atoms with Gasteiger partial charge in [-0.25, -0.2) is 14.5 Å². The van der Waals surface area contributed by atoms with Crippen molar-refractivity contribution < 1.29 is 19.1 Å². The summed E-state index contributed by atoms with van der Waals surface area (Å²) in [6, 6.07) is 7.55. The van der Waals surface area contributed by atoms with E-state index in [-0.39, 0.29) is 12.0 Å². The monoisotopic (exact) mass is 571 g/mol. The van der Waals surface area contributed by atoms with E-state index in [4.69, 9.17) is 14.5 Å². The van der Waals surface area contributed by atoms with Crippen LogP contribution < -0.4 is 10.1 Å². The van der Waals surface area contributed by atoms with Gasteiger partial charge in [-0.15, -0.1) is 0 Å². The third-order valence-corrected chi connectivity index (χ3v) is 7.62. The van der Waals surface area contributed by atoms with Crippen molar-refractivity contribution in [1.82, 2.24) is 29.2 Å². The quantitative estimate of drug-likeness (QED) is 0.306. The Labute approximate surface area is 244 Å². The molecule has 0 aliphatic carbocycles. The van der Waals surface area contributed by atoms with Gasteiger partial charge in [0.15, 0.2) is 0 Å². The smallest absolute Gasteiger partial charge is 0.410 e. The van der Waals surface area contributed by atoms with Crippen molar-refractivity contribution in [2.24, 2.45) is 7.05 Å². The molecule has 6 rings (SSSR count). The molecule has 2 bridgehead atoms.